The first-order valence-electron chi connectivity index (χ1n) is 11.2. The highest BCUT2D eigenvalue weighted by Gasteiger charge is 2.23. The van der Waals surface area contributed by atoms with Gasteiger partial charge in [0.2, 0.25) is 5.95 Å². The number of carbonyl (C=O) groups is 1. The van der Waals surface area contributed by atoms with E-state index in [-0.39, 0.29) is 17.6 Å². The van der Waals surface area contributed by atoms with Crippen LogP contribution in [0.4, 0.5) is 17.5 Å². The minimum Gasteiger partial charge on any atom is -0.365 e. The summed E-state index contributed by atoms with van der Waals surface area (Å²) in [6.45, 7) is 0. The van der Waals surface area contributed by atoms with Crippen LogP contribution >= 0.6 is 0 Å². The Labute approximate surface area is 187 Å². The molecule has 0 saturated heterocycles. The molecule has 2 atom stereocenters. The number of benzene rings is 1. The second-order valence-electron chi connectivity index (χ2n) is 8.74. The largest absolute Gasteiger partial charge is 0.365 e. The van der Waals surface area contributed by atoms with Gasteiger partial charge in [-0.05, 0) is 43.9 Å². The SMILES string of the molecule is Cn1c2c(c3cc(Nc4nc(N[C@@H]5CCCC[C@@H]5N)ncc4C(N)=O)ccc31)C=CCC2. The van der Waals surface area contributed by atoms with Crippen molar-refractivity contribution in [1.82, 2.24) is 14.5 Å². The lowest BCUT2D eigenvalue weighted by Crippen LogP contribution is -2.43. The average molecular weight is 432 g/mol. The van der Waals surface area contributed by atoms with E-state index in [1.54, 1.807) is 0 Å². The van der Waals surface area contributed by atoms with Crippen molar-refractivity contribution in [2.45, 2.75) is 50.6 Å². The van der Waals surface area contributed by atoms with Crippen LogP contribution in [-0.2, 0) is 13.5 Å². The number of nitrogens with two attached hydrogens (primary N) is 2. The summed E-state index contributed by atoms with van der Waals surface area (Å²) in [5.74, 6) is 0.259. The highest BCUT2D eigenvalue weighted by atomic mass is 16.1. The van der Waals surface area contributed by atoms with Gasteiger partial charge < -0.3 is 26.7 Å². The van der Waals surface area contributed by atoms with Gasteiger partial charge >= 0.3 is 0 Å². The molecule has 0 spiro atoms. The van der Waals surface area contributed by atoms with E-state index in [1.807, 2.05) is 6.07 Å². The Kier molecular flexibility index (Phi) is 5.30. The van der Waals surface area contributed by atoms with E-state index in [2.05, 4.69) is 56.5 Å². The second kappa shape index (κ2) is 8.27. The highest BCUT2D eigenvalue weighted by Crippen LogP contribution is 2.33. The van der Waals surface area contributed by atoms with Crippen LogP contribution in [0.15, 0.2) is 30.5 Å². The molecule has 2 aliphatic carbocycles. The number of nitrogens with zero attached hydrogens (tertiary/aromatic N) is 3. The van der Waals surface area contributed by atoms with Crippen LogP contribution in [-0.4, -0.2) is 32.5 Å². The smallest absolute Gasteiger partial charge is 0.254 e. The first-order valence-corrected chi connectivity index (χ1v) is 11.2. The molecule has 1 saturated carbocycles. The topological polar surface area (TPSA) is 124 Å². The van der Waals surface area contributed by atoms with Gasteiger partial charge in [-0.2, -0.15) is 4.98 Å². The summed E-state index contributed by atoms with van der Waals surface area (Å²) in [5, 5.41) is 7.81. The highest BCUT2D eigenvalue weighted by molar-refractivity contribution is 5.99. The lowest BCUT2D eigenvalue weighted by molar-refractivity contribution is 0.100. The number of hydrogen-bond acceptors (Lipinski definition) is 6. The summed E-state index contributed by atoms with van der Waals surface area (Å²) >= 11 is 0. The third-order valence-electron chi connectivity index (χ3n) is 6.65. The minimum absolute atomic E-state index is 0.0688. The van der Waals surface area contributed by atoms with Crippen molar-refractivity contribution < 1.29 is 4.79 Å². The van der Waals surface area contributed by atoms with Gasteiger partial charge in [-0.25, -0.2) is 4.98 Å². The fourth-order valence-electron chi connectivity index (χ4n) is 4.88. The number of carbonyl (C=O) groups excluding carboxylic acids is 1. The number of hydrogen-bond donors (Lipinski definition) is 4. The van der Waals surface area contributed by atoms with E-state index in [0.717, 1.165) is 44.2 Å². The van der Waals surface area contributed by atoms with E-state index < -0.39 is 5.91 Å². The number of amides is 1. The van der Waals surface area contributed by atoms with Crippen LogP contribution in [0, 0.1) is 0 Å². The van der Waals surface area contributed by atoms with Crippen molar-refractivity contribution >= 4 is 40.3 Å². The third kappa shape index (κ3) is 3.71. The molecule has 2 heterocycles. The summed E-state index contributed by atoms with van der Waals surface area (Å²) < 4.78 is 2.26. The maximum atomic E-state index is 12.0. The fourth-order valence-corrected chi connectivity index (χ4v) is 4.88. The molecule has 8 heteroatoms. The van der Waals surface area contributed by atoms with Crippen molar-refractivity contribution in [3.8, 4) is 0 Å². The Morgan fingerprint density at radius 1 is 1.25 bits per heavy atom. The lowest BCUT2D eigenvalue weighted by atomic mass is 9.91. The van der Waals surface area contributed by atoms with Gasteiger partial charge in [0.1, 0.15) is 11.4 Å². The molecule has 32 heavy (non-hydrogen) atoms. The maximum absolute atomic E-state index is 12.0. The molecular formula is C24H29N7O. The lowest BCUT2D eigenvalue weighted by Gasteiger charge is -2.29. The molecule has 0 aliphatic heterocycles. The van der Waals surface area contributed by atoms with Gasteiger partial charge in [-0.1, -0.05) is 25.0 Å². The van der Waals surface area contributed by atoms with Gasteiger partial charge in [0.15, 0.2) is 0 Å². The second-order valence-corrected chi connectivity index (χ2v) is 8.74. The van der Waals surface area contributed by atoms with Gasteiger partial charge in [0.05, 0.1) is 0 Å². The molecule has 2 aromatic heterocycles. The quantitative estimate of drug-likeness (QED) is 0.490. The van der Waals surface area contributed by atoms with E-state index in [0.29, 0.717) is 11.8 Å². The Morgan fingerprint density at radius 3 is 2.91 bits per heavy atom. The van der Waals surface area contributed by atoms with Gasteiger partial charge in [0, 0.05) is 53.2 Å². The molecule has 8 nitrogen and oxygen atoms in total. The van der Waals surface area contributed by atoms with Crippen molar-refractivity contribution in [1.29, 1.82) is 0 Å². The third-order valence-corrected chi connectivity index (χ3v) is 6.65. The molecule has 1 fully saturated rings. The number of nitrogens with one attached hydrogen (secondary N) is 2. The molecule has 1 amide bonds. The molecule has 5 rings (SSSR count). The number of anilines is 3. The first kappa shape index (κ1) is 20.5. The van der Waals surface area contributed by atoms with Gasteiger partial charge in [-0.3, -0.25) is 4.79 Å². The number of aromatic nitrogens is 3. The zero-order valence-electron chi connectivity index (χ0n) is 18.3. The predicted molar refractivity (Wildman–Crippen MR) is 128 cm³/mol. The normalized spacial score (nSPS) is 20.2. The van der Waals surface area contributed by atoms with Crippen LogP contribution in [0.3, 0.4) is 0 Å². The predicted octanol–water partition coefficient (Wildman–Crippen LogP) is 3.45. The van der Waals surface area contributed by atoms with Crippen LogP contribution < -0.4 is 22.1 Å². The van der Waals surface area contributed by atoms with E-state index in [9.17, 15) is 4.79 Å². The van der Waals surface area contributed by atoms with Crippen LogP contribution in [0.5, 0.6) is 0 Å². The molecule has 1 aromatic carbocycles. The molecule has 0 radical (unpaired) electrons. The van der Waals surface area contributed by atoms with Crippen LogP contribution in [0.1, 0.15) is 53.7 Å². The molecule has 3 aromatic rings. The van der Waals surface area contributed by atoms with Crippen molar-refractivity contribution in [3.63, 3.8) is 0 Å². The fraction of sp³-hybridized carbons (Fsp3) is 0.375. The maximum Gasteiger partial charge on any atom is 0.254 e. The molecule has 166 valence electrons. The molecule has 2 aliphatic rings. The minimum atomic E-state index is -0.575. The van der Waals surface area contributed by atoms with Gasteiger partial charge in [0.25, 0.3) is 5.91 Å². The Morgan fingerprint density at radius 2 is 2.09 bits per heavy atom. The van der Waals surface area contributed by atoms with Crippen molar-refractivity contribution in [2.24, 2.45) is 18.5 Å². The van der Waals surface area contributed by atoms with Crippen molar-refractivity contribution in [2.75, 3.05) is 10.6 Å². The number of aryl methyl sites for hydroxylation is 1. The summed E-state index contributed by atoms with van der Waals surface area (Å²) in [7, 11) is 2.11. The van der Waals surface area contributed by atoms with Crippen LogP contribution in [0.25, 0.3) is 17.0 Å². The van der Waals surface area contributed by atoms with E-state index in [4.69, 9.17) is 11.5 Å². The van der Waals surface area contributed by atoms with E-state index >= 15 is 0 Å². The Balaban J connectivity index is 1.48. The molecule has 0 unspecified atom stereocenters. The monoisotopic (exact) mass is 431 g/mol. The number of fused-ring (bicyclic) bond motifs is 3. The number of primary amides is 1. The van der Waals surface area contributed by atoms with Gasteiger partial charge in [-0.15, -0.1) is 0 Å². The first-order chi connectivity index (χ1) is 15.5. The molecule has 6 N–H and O–H groups in total. The van der Waals surface area contributed by atoms with E-state index in [1.165, 1.54) is 28.4 Å². The Hall–Kier alpha value is -3.39. The summed E-state index contributed by atoms with van der Waals surface area (Å²) in [5.41, 5.74) is 16.7. The molecule has 0 bridgehead atoms. The average Bonchev–Trinajstić information content (AvgIpc) is 3.07. The number of allylic oxidation sites excluding steroid dienone is 1. The number of rotatable bonds is 5. The zero-order chi connectivity index (χ0) is 22.2. The van der Waals surface area contributed by atoms with Crippen LogP contribution in [0.2, 0.25) is 0 Å². The van der Waals surface area contributed by atoms with Crippen molar-refractivity contribution in [3.05, 3.63) is 47.3 Å². The summed E-state index contributed by atoms with van der Waals surface area (Å²) in [6, 6.07) is 6.37. The summed E-state index contributed by atoms with van der Waals surface area (Å²) in [4.78, 5) is 20.9. The standard InChI is InChI=1S/C24H29N7O/c1-31-20-9-5-2-6-15(20)16-12-14(10-11-21(16)31)28-23-17(22(26)32)13-27-24(30-23)29-19-8-4-3-7-18(19)25/h2,6,10-13,18-19H,3-5,7-9,25H2,1H3,(H2,26,32)(H2,27,28,29,30)/t18-,19+/m0/s1. The zero-order valence-corrected chi connectivity index (χ0v) is 18.3. The molecular weight excluding hydrogens is 402 g/mol. The summed E-state index contributed by atoms with van der Waals surface area (Å²) in [6.07, 6.45) is 12.2. The Bertz CT molecular complexity index is 1210.